The van der Waals surface area contributed by atoms with Crippen LogP contribution in [-0.4, -0.2) is 101 Å². The van der Waals surface area contributed by atoms with Gasteiger partial charge in [-0.3, -0.25) is 9.88 Å². The first-order valence-electron chi connectivity index (χ1n) is 22.4. The third-order valence-corrected chi connectivity index (χ3v) is 15.0. The van der Waals surface area contributed by atoms with Crippen LogP contribution in [0, 0.1) is 54.6 Å². The highest BCUT2D eigenvalue weighted by atomic mass is 19.1. The second kappa shape index (κ2) is 15.7. The quantitative estimate of drug-likeness (QED) is 0.147. The number of piperazine rings is 1. The van der Waals surface area contributed by atoms with E-state index in [1.807, 2.05) is 0 Å². The highest BCUT2D eigenvalue weighted by molar-refractivity contribution is 6.03. The number of nitrogens with zero attached hydrogens (tertiary/aromatic N) is 7. The summed E-state index contributed by atoms with van der Waals surface area (Å²) in [6.45, 7) is 16.4. The number of ether oxygens (including phenoxy) is 1. The van der Waals surface area contributed by atoms with E-state index < -0.39 is 11.6 Å². The Morgan fingerprint density at radius 3 is 2.41 bits per heavy atom. The number of phenolic OH excluding ortho intramolecular Hbond substituents is 1. The number of aromatic nitrogens is 3. The first-order valence-corrected chi connectivity index (χ1v) is 22.4. The topological polar surface area (TPSA) is 81.1 Å². The van der Waals surface area contributed by atoms with E-state index >= 15 is 4.39 Å². The van der Waals surface area contributed by atoms with Crippen molar-refractivity contribution >= 4 is 33.2 Å². The van der Waals surface area contributed by atoms with E-state index in [2.05, 4.69) is 69.5 Å². The van der Waals surface area contributed by atoms with Gasteiger partial charge in [0.2, 0.25) is 0 Å². The maximum absolute atomic E-state index is 17.0. The highest BCUT2D eigenvalue weighted by Gasteiger charge is 2.50. The third kappa shape index (κ3) is 7.65. The number of benzene rings is 3. The fraction of sp³-hybridized carbons (Fsp3) is 0.500. The number of halogens is 2. The Balaban J connectivity index is 0.819. The number of pyridine rings is 1. The number of terminal acetylenes is 1. The van der Waals surface area contributed by atoms with Gasteiger partial charge < -0.3 is 24.5 Å². The zero-order chi connectivity index (χ0) is 42.0. The van der Waals surface area contributed by atoms with Gasteiger partial charge in [-0.25, -0.2) is 8.78 Å². The molecule has 5 fully saturated rings. The maximum Gasteiger partial charge on any atom is 0.319 e. The molecule has 1 spiro atoms. The molecule has 2 saturated carbocycles. The minimum Gasteiger partial charge on any atom is -0.508 e. The number of likely N-dealkylation sites (tertiary alicyclic amines) is 1. The van der Waals surface area contributed by atoms with Crippen LogP contribution >= 0.6 is 0 Å². The lowest BCUT2D eigenvalue weighted by molar-refractivity contribution is -0.0477. The summed E-state index contributed by atoms with van der Waals surface area (Å²) in [4.78, 5) is 24.4. The van der Waals surface area contributed by atoms with E-state index in [0.29, 0.717) is 39.9 Å². The van der Waals surface area contributed by atoms with Gasteiger partial charge in [0.15, 0.2) is 5.82 Å². The van der Waals surface area contributed by atoms with Crippen molar-refractivity contribution in [3.05, 3.63) is 77.0 Å². The van der Waals surface area contributed by atoms with Crippen LogP contribution in [0.5, 0.6) is 11.8 Å². The monoisotopic (exact) mass is 825 g/mol. The van der Waals surface area contributed by atoms with E-state index in [9.17, 15) is 9.50 Å². The Morgan fingerprint density at radius 1 is 0.902 bits per heavy atom. The SMILES string of the molecule is C#Cc1c(F)ccc2cc(O)cc(-c3ncc4c(N5CCCC(C)C5)nc(OCC5(CN6CCC7(CC6)CC(N6CCN(c8ccc(C)c(C)c8)CC6)C7)CC5)nc4c3F)c12. The largest absolute Gasteiger partial charge is 0.508 e. The molecule has 318 valence electrons. The summed E-state index contributed by atoms with van der Waals surface area (Å²) in [5, 5.41) is 11.9. The summed E-state index contributed by atoms with van der Waals surface area (Å²) in [5.74, 6) is 2.06. The fourth-order valence-electron chi connectivity index (χ4n) is 10.9. The van der Waals surface area contributed by atoms with Crippen molar-refractivity contribution in [3.63, 3.8) is 0 Å². The molecule has 0 amide bonds. The van der Waals surface area contributed by atoms with Crippen molar-refractivity contribution in [2.24, 2.45) is 16.7 Å². The van der Waals surface area contributed by atoms with Crippen molar-refractivity contribution in [2.75, 3.05) is 75.3 Å². The van der Waals surface area contributed by atoms with Gasteiger partial charge >= 0.3 is 6.01 Å². The predicted octanol–water partition coefficient (Wildman–Crippen LogP) is 8.89. The molecule has 1 atom stereocenters. The van der Waals surface area contributed by atoms with Crippen molar-refractivity contribution in [1.29, 1.82) is 0 Å². The number of fused-ring (bicyclic) bond motifs is 2. The predicted molar refractivity (Wildman–Crippen MR) is 238 cm³/mol. The third-order valence-electron chi connectivity index (χ3n) is 15.0. The van der Waals surface area contributed by atoms with Crippen molar-refractivity contribution in [2.45, 2.75) is 78.2 Å². The summed E-state index contributed by atoms with van der Waals surface area (Å²) in [6, 6.07) is 13.4. The minimum absolute atomic E-state index is 0.0162. The molecule has 3 aliphatic heterocycles. The Labute approximate surface area is 358 Å². The summed E-state index contributed by atoms with van der Waals surface area (Å²) < 4.78 is 38.5. The van der Waals surface area contributed by atoms with Crippen LogP contribution in [0.25, 0.3) is 32.9 Å². The molecule has 10 rings (SSSR count). The lowest BCUT2D eigenvalue weighted by Gasteiger charge is -2.56. The van der Waals surface area contributed by atoms with E-state index in [0.717, 1.165) is 90.6 Å². The van der Waals surface area contributed by atoms with Crippen LogP contribution in [0.4, 0.5) is 20.3 Å². The van der Waals surface area contributed by atoms with Crippen LogP contribution in [0.15, 0.2) is 48.7 Å². The summed E-state index contributed by atoms with van der Waals surface area (Å²) >= 11 is 0. The molecule has 5 aromatic rings. The smallest absolute Gasteiger partial charge is 0.319 e. The van der Waals surface area contributed by atoms with Gasteiger partial charge in [0, 0.05) is 80.1 Å². The zero-order valence-corrected chi connectivity index (χ0v) is 35.8. The standard InChI is InChI=1S/C50H57F2N7O2/c1-5-39-42(51)11-9-35-24-38(60)25-40(43(35)39)45-44(52)46-41(28-53-45)47(59-16-6-7-32(2)29-59)55-48(54-46)61-31-50(12-13-50)30-56-17-14-49(15-18-56)26-37(27-49)58-21-19-57(20-22-58)36-10-8-33(3)34(4)23-36/h1,8-11,23-25,28,32,37,60H,6-7,12-22,26-27,29-31H2,2-4H3. The molecular weight excluding hydrogens is 769 g/mol. The minimum atomic E-state index is -0.698. The Kier molecular flexibility index (Phi) is 10.3. The molecule has 3 aromatic carbocycles. The van der Waals surface area contributed by atoms with Gasteiger partial charge in [0.25, 0.3) is 0 Å². The molecule has 3 saturated heterocycles. The summed E-state index contributed by atoms with van der Waals surface area (Å²) in [7, 11) is 0. The normalized spacial score (nSPS) is 21.8. The van der Waals surface area contributed by atoms with Gasteiger partial charge in [0.1, 0.15) is 28.6 Å². The lowest BCUT2D eigenvalue weighted by Crippen LogP contribution is -2.59. The van der Waals surface area contributed by atoms with Gasteiger partial charge in [0.05, 0.1) is 17.6 Å². The number of piperidine rings is 2. The number of aryl methyl sites for hydroxylation is 2. The molecule has 61 heavy (non-hydrogen) atoms. The molecule has 0 radical (unpaired) electrons. The number of phenols is 1. The van der Waals surface area contributed by atoms with Gasteiger partial charge in [-0.1, -0.05) is 25.0 Å². The maximum atomic E-state index is 17.0. The zero-order valence-electron chi connectivity index (χ0n) is 35.8. The van der Waals surface area contributed by atoms with Crippen molar-refractivity contribution in [1.82, 2.24) is 24.8 Å². The molecule has 9 nitrogen and oxygen atoms in total. The second-order valence-corrected chi connectivity index (χ2v) is 19.3. The first kappa shape index (κ1) is 40.0. The van der Waals surface area contributed by atoms with Gasteiger partial charge in [-0.15, -0.1) is 6.42 Å². The van der Waals surface area contributed by atoms with Crippen LogP contribution in [0.2, 0.25) is 0 Å². The van der Waals surface area contributed by atoms with Crippen LogP contribution in [0.3, 0.4) is 0 Å². The Hall–Kier alpha value is -5.05. The number of hydrogen-bond acceptors (Lipinski definition) is 9. The molecular formula is C50H57F2N7O2. The van der Waals surface area contributed by atoms with E-state index in [4.69, 9.17) is 21.1 Å². The number of hydrogen-bond donors (Lipinski definition) is 1. The van der Waals surface area contributed by atoms with Crippen molar-refractivity contribution in [3.8, 4) is 35.4 Å². The molecule has 5 heterocycles. The Morgan fingerprint density at radius 2 is 1.69 bits per heavy atom. The highest BCUT2D eigenvalue weighted by Crippen LogP contribution is 2.53. The number of anilines is 2. The number of aromatic hydroxyl groups is 1. The average Bonchev–Trinajstić information content (AvgIpc) is 4.02. The van der Waals surface area contributed by atoms with Crippen LogP contribution in [0.1, 0.15) is 75.0 Å². The van der Waals surface area contributed by atoms with E-state index in [1.54, 1.807) is 6.20 Å². The van der Waals surface area contributed by atoms with E-state index in [-0.39, 0.29) is 39.5 Å². The molecule has 2 aliphatic carbocycles. The average molecular weight is 826 g/mol. The molecule has 1 N–H and O–H groups in total. The molecule has 0 bridgehead atoms. The van der Waals surface area contributed by atoms with Crippen LogP contribution < -0.4 is 14.5 Å². The Bertz CT molecular complexity index is 2530. The molecule has 2 aromatic heterocycles. The molecule has 5 aliphatic rings. The number of rotatable bonds is 9. The fourth-order valence-corrected chi connectivity index (χ4v) is 10.9. The summed E-state index contributed by atoms with van der Waals surface area (Å²) in [5.41, 5.74) is 4.78. The van der Waals surface area contributed by atoms with Gasteiger partial charge in [-0.2, -0.15) is 9.97 Å². The van der Waals surface area contributed by atoms with Crippen molar-refractivity contribution < 1.29 is 18.6 Å². The molecule has 11 heteroatoms. The van der Waals surface area contributed by atoms with Gasteiger partial charge in [-0.05, 0) is 136 Å². The summed E-state index contributed by atoms with van der Waals surface area (Å²) in [6.07, 6.45) is 16.8. The van der Waals surface area contributed by atoms with Crippen LogP contribution in [-0.2, 0) is 0 Å². The first-order chi connectivity index (χ1) is 29.5. The second-order valence-electron chi connectivity index (χ2n) is 19.3. The molecule has 1 unspecified atom stereocenters. The lowest BCUT2D eigenvalue weighted by atomic mass is 9.60. The van der Waals surface area contributed by atoms with E-state index in [1.165, 1.54) is 66.8 Å².